The van der Waals surface area contributed by atoms with Crippen molar-refractivity contribution in [2.75, 3.05) is 6.54 Å². The van der Waals surface area contributed by atoms with Crippen LogP contribution in [0.4, 0.5) is 9.18 Å². The topological polar surface area (TPSA) is 62.1 Å². The molecule has 4 nitrogen and oxygen atoms in total. The van der Waals surface area contributed by atoms with Gasteiger partial charge < -0.3 is 10.1 Å². The molecule has 0 aliphatic carbocycles. The summed E-state index contributed by atoms with van der Waals surface area (Å²) in [5, 5.41) is 11.2. The Hall–Kier alpha value is -3.31. The van der Waals surface area contributed by atoms with Gasteiger partial charge in [-0.15, -0.1) is 0 Å². The third-order valence-electron chi connectivity index (χ3n) is 2.88. The standard InChI is InChI=1S/C18H13FN2O2/c19-17-15(8-4-9-16(17)12-20)10-5-11-21-18(22)23-13-14-6-2-1-3-7-14/h1-4,6-9H,11,13H2,(H,21,22). The Labute approximate surface area is 133 Å². The molecular formula is C18H13FN2O2. The maximum absolute atomic E-state index is 13.7. The highest BCUT2D eigenvalue weighted by Gasteiger charge is 2.04. The number of nitrogens with zero attached hydrogens (tertiary/aromatic N) is 1. The maximum Gasteiger partial charge on any atom is 0.408 e. The molecule has 0 unspecified atom stereocenters. The largest absolute Gasteiger partial charge is 0.445 e. The van der Waals surface area contributed by atoms with Gasteiger partial charge in [-0.25, -0.2) is 9.18 Å². The highest BCUT2D eigenvalue weighted by atomic mass is 19.1. The summed E-state index contributed by atoms with van der Waals surface area (Å²) in [5.74, 6) is 4.52. The first-order valence-electron chi connectivity index (χ1n) is 6.82. The molecule has 5 heteroatoms. The van der Waals surface area contributed by atoms with Crippen LogP contribution in [0.1, 0.15) is 16.7 Å². The minimum absolute atomic E-state index is 0.0177. The van der Waals surface area contributed by atoms with E-state index in [2.05, 4.69) is 17.2 Å². The second-order valence-electron chi connectivity index (χ2n) is 4.50. The molecule has 0 aliphatic heterocycles. The first kappa shape index (κ1) is 16.1. The Kier molecular flexibility index (Phi) is 5.74. The van der Waals surface area contributed by atoms with Crippen LogP contribution in [-0.2, 0) is 11.3 Å². The molecule has 2 aromatic carbocycles. The molecule has 0 saturated carbocycles. The van der Waals surface area contributed by atoms with E-state index in [1.54, 1.807) is 12.1 Å². The lowest BCUT2D eigenvalue weighted by Crippen LogP contribution is -2.24. The minimum atomic E-state index is -0.658. The highest BCUT2D eigenvalue weighted by molar-refractivity contribution is 5.67. The van der Waals surface area contributed by atoms with Crippen LogP contribution in [0.3, 0.4) is 0 Å². The van der Waals surface area contributed by atoms with E-state index in [0.29, 0.717) is 0 Å². The number of nitriles is 1. The molecule has 1 N–H and O–H groups in total. The summed E-state index contributed by atoms with van der Waals surface area (Å²) in [5.41, 5.74) is 0.930. The minimum Gasteiger partial charge on any atom is -0.445 e. The fraction of sp³-hybridized carbons (Fsp3) is 0.111. The van der Waals surface area contributed by atoms with Crippen molar-refractivity contribution in [1.82, 2.24) is 5.32 Å². The average molecular weight is 308 g/mol. The van der Waals surface area contributed by atoms with Crippen molar-refractivity contribution in [3.63, 3.8) is 0 Å². The van der Waals surface area contributed by atoms with Crippen LogP contribution in [0.15, 0.2) is 48.5 Å². The summed E-state index contributed by atoms with van der Waals surface area (Å²) in [4.78, 5) is 11.5. The maximum atomic E-state index is 13.7. The van der Waals surface area contributed by atoms with Crippen LogP contribution in [0, 0.1) is 29.0 Å². The van der Waals surface area contributed by atoms with E-state index < -0.39 is 11.9 Å². The number of amides is 1. The SMILES string of the molecule is N#Cc1cccc(C#CCNC(=O)OCc2ccccc2)c1F. The Morgan fingerprint density at radius 3 is 2.61 bits per heavy atom. The van der Waals surface area contributed by atoms with Gasteiger partial charge in [0.05, 0.1) is 17.7 Å². The highest BCUT2D eigenvalue weighted by Crippen LogP contribution is 2.10. The Balaban J connectivity index is 1.82. The zero-order valence-electron chi connectivity index (χ0n) is 12.2. The molecule has 0 spiro atoms. The second kappa shape index (κ2) is 8.21. The van der Waals surface area contributed by atoms with Crippen molar-refractivity contribution in [3.05, 3.63) is 71.0 Å². The molecule has 0 atom stereocenters. The van der Waals surface area contributed by atoms with Crippen LogP contribution >= 0.6 is 0 Å². The van der Waals surface area contributed by atoms with Crippen molar-refractivity contribution < 1.29 is 13.9 Å². The van der Waals surface area contributed by atoms with Crippen LogP contribution in [-0.4, -0.2) is 12.6 Å². The van der Waals surface area contributed by atoms with Crippen molar-refractivity contribution >= 4 is 6.09 Å². The Bertz CT molecular complexity index is 786. The quantitative estimate of drug-likeness (QED) is 0.887. The smallest absolute Gasteiger partial charge is 0.408 e. The average Bonchev–Trinajstić information content (AvgIpc) is 2.59. The van der Waals surface area contributed by atoms with E-state index >= 15 is 0 Å². The number of carbonyl (C=O) groups excluding carboxylic acids is 1. The van der Waals surface area contributed by atoms with Gasteiger partial charge in [0, 0.05) is 0 Å². The van der Waals surface area contributed by atoms with E-state index in [1.165, 1.54) is 12.1 Å². The molecule has 0 saturated heterocycles. The van der Waals surface area contributed by atoms with E-state index in [0.717, 1.165) is 5.56 Å². The number of hydrogen-bond acceptors (Lipinski definition) is 3. The number of ether oxygens (including phenoxy) is 1. The molecule has 0 bridgehead atoms. The summed E-state index contributed by atoms with van der Waals surface area (Å²) in [6.07, 6.45) is -0.602. The molecule has 0 aromatic heterocycles. The second-order valence-corrected chi connectivity index (χ2v) is 4.50. The zero-order chi connectivity index (χ0) is 16.5. The lowest BCUT2D eigenvalue weighted by Gasteiger charge is -2.04. The lowest BCUT2D eigenvalue weighted by molar-refractivity contribution is 0.141. The Morgan fingerprint density at radius 1 is 1.13 bits per heavy atom. The van der Waals surface area contributed by atoms with Gasteiger partial charge in [0.1, 0.15) is 12.7 Å². The number of hydrogen-bond donors (Lipinski definition) is 1. The molecular weight excluding hydrogens is 295 g/mol. The van der Waals surface area contributed by atoms with Gasteiger partial charge in [-0.05, 0) is 17.7 Å². The fourth-order valence-corrected chi connectivity index (χ4v) is 1.74. The molecule has 0 radical (unpaired) electrons. The van der Waals surface area contributed by atoms with Crippen molar-refractivity contribution in [2.24, 2.45) is 0 Å². The third kappa shape index (κ3) is 4.87. The van der Waals surface area contributed by atoms with Crippen LogP contribution in [0.5, 0.6) is 0 Å². The summed E-state index contributed by atoms with van der Waals surface area (Å²) < 4.78 is 18.7. The van der Waals surface area contributed by atoms with Gasteiger partial charge in [0.2, 0.25) is 0 Å². The van der Waals surface area contributed by atoms with E-state index in [9.17, 15) is 9.18 Å². The summed E-state index contributed by atoms with van der Waals surface area (Å²) in [6, 6.07) is 15.4. The number of carbonyl (C=O) groups is 1. The zero-order valence-corrected chi connectivity index (χ0v) is 12.2. The predicted octanol–water partition coefficient (Wildman–Crippen LogP) is 2.98. The van der Waals surface area contributed by atoms with Crippen LogP contribution in [0.2, 0.25) is 0 Å². The molecule has 114 valence electrons. The molecule has 0 aliphatic rings. The van der Waals surface area contributed by atoms with Gasteiger partial charge in [-0.1, -0.05) is 48.2 Å². The molecule has 23 heavy (non-hydrogen) atoms. The first-order chi connectivity index (χ1) is 11.2. The number of halogens is 1. The van der Waals surface area contributed by atoms with Crippen molar-refractivity contribution in [1.29, 1.82) is 5.26 Å². The number of rotatable bonds is 3. The Morgan fingerprint density at radius 2 is 1.87 bits per heavy atom. The molecule has 2 rings (SSSR count). The molecule has 2 aromatic rings. The van der Waals surface area contributed by atoms with Gasteiger partial charge in [-0.2, -0.15) is 5.26 Å². The van der Waals surface area contributed by atoms with Crippen molar-refractivity contribution in [2.45, 2.75) is 6.61 Å². The first-order valence-corrected chi connectivity index (χ1v) is 6.82. The van der Waals surface area contributed by atoms with Crippen molar-refractivity contribution in [3.8, 4) is 17.9 Å². The molecule has 1 amide bonds. The van der Waals surface area contributed by atoms with E-state index in [-0.39, 0.29) is 24.3 Å². The van der Waals surface area contributed by atoms with E-state index in [4.69, 9.17) is 10.00 Å². The molecule has 0 heterocycles. The van der Waals surface area contributed by atoms with Gasteiger partial charge in [0.25, 0.3) is 0 Å². The normalized spacial score (nSPS) is 9.22. The summed E-state index contributed by atoms with van der Waals surface area (Å²) in [6.45, 7) is 0.183. The van der Waals surface area contributed by atoms with Crippen LogP contribution < -0.4 is 5.32 Å². The third-order valence-corrected chi connectivity index (χ3v) is 2.88. The number of alkyl carbamates (subject to hydrolysis) is 1. The van der Waals surface area contributed by atoms with Crippen LogP contribution in [0.25, 0.3) is 0 Å². The van der Waals surface area contributed by atoms with Gasteiger partial charge >= 0.3 is 6.09 Å². The van der Waals surface area contributed by atoms with E-state index in [1.807, 2.05) is 30.3 Å². The monoisotopic (exact) mass is 308 g/mol. The predicted molar refractivity (Wildman–Crippen MR) is 82.6 cm³/mol. The van der Waals surface area contributed by atoms with Gasteiger partial charge in [0.15, 0.2) is 5.82 Å². The lowest BCUT2D eigenvalue weighted by atomic mass is 10.1. The summed E-state index contributed by atoms with van der Waals surface area (Å²) in [7, 11) is 0. The summed E-state index contributed by atoms with van der Waals surface area (Å²) >= 11 is 0. The fourth-order valence-electron chi connectivity index (χ4n) is 1.74. The number of nitrogens with one attached hydrogen (secondary N) is 1. The van der Waals surface area contributed by atoms with Gasteiger partial charge in [-0.3, -0.25) is 0 Å². The molecule has 0 fully saturated rings. The number of benzene rings is 2.